The van der Waals surface area contributed by atoms with Crippen molar-refractivity contribution in [2.24, 2.45) is 0 Å². The van der Waals surface area contributed by atoms with Gasteiger partial charge in [0.1, 0.15) is 5.75 Å². The molecule has 0 aliphatic carbocycles. The molecule has 0 unspecified atom stereocenters. The Labute approximate surface area is 237 Å². The molecule has 4 nitrogen and oxygen atoms in total. The number of benzene rings is 4. The molecule has 5 rings (SSSR count). The highest BCUT2D eigenvalue weighted by Crippen LogP contribution is 2.39. The smallest absolute Gasteiger partial charge is 0.248 e. The lowest BCUT2D eigenvalue weighted by Gasteiger charge is -2.13. The van der Waals surface area contributed by atoms with E-state index in [0.29, 0.717) is 11.8 Å². The van der Waals surface area contributed by atoms with E-state index in [-0.39, 0.29) is 0 Å². The topological polar surface area (TPSA) is 48.2 Å². The Hall–Kier alpha value is -4.62. The first-order chi connectivity index (χ1) is 19.8. The van der Waals surface area contributed by atoms with Gasteiger partial charge >= 0.3 is 0 Å². The van der Waals surface area contributed by atoms with Crippen molar-refractivity contribution in [3.8, 4) is 63.3 Å². The molecular formula is C36H34N2O2. The summed E-state index contributed by atoms with van der Waals surface area (Å²) in [5.74, 6) is 4.60. The second kappa shape index (κ2) is 13.4. The number of hydrogen-bond acceptors (Lipinski definition) is 4. The van der Waals surface area contributed by atoms with Crippen molar-refractivity contribution in [3.05, 3.63) is 103 Å². The van der Waals surface area contributed by atoms with Crippen LogP contribution in [0.5, 0.6) is 5.75 Å². The Morgan fingerprint density at radius 1 is 0.675 bits per heavy atom. The molecule has 0 bridgehead atoms. The van der Waals surface area contributed by atoms with Gasteiger partial charge in [0, 0.05) is 22.3 Å². The van der Waals surface area contributed by atoms with Crippen LogP contribution in [-0.4, -0.2) is 16.8 Å². The fourth-order valence-corrected chi connectivity index (χ4v) is 4.85. The van der Waals surface area contributed by atoms with Gasteiger partial charge in [0.05, 0.1) is 6.61 Å². The summed E-state index contributed by atoms with van der Waals surface area (Å²) in [6.45, 7) is 2.97. The molecule has 0 spiro atoms. The van der Waals surface area contributed by atoms with Crippen LogP contribution in [0.3, 0.4) is 0 Å². The van der Waals surface area contributed by atoms with E-state index in [1.54, 1.807) is 0 Å². The molecule has 0 amide bonds. The molecule has 0 radical (unpaired) electrons. The molecule has 0 saturated heterocycles. The van der Waals surface area contributed by atoms with Crippen LogP contribution in [0, 0.1) is 12.3 Å². The molecule has 0 atom stereocenters. The van der Waals surface area contributed by atoms with Crippen molar-refractivity contribution < 1.29 is 9.15 Å². The van der Waals surface area contributed by atoms with E-state index in [9.17, 15) is 0 Å². The van der Waals surface area contributed by atoms with Gasteiger partial charge in [-0.15, -0.1) is 16.6 Å². The minimum Gasteiger partial charge on any atom is -0.494 e. The van der Waals surface area contributed by atoms with Crippen LogP contribution in [0.1, 0.15) is 51.0 Å². The highest BCUT2D eigenvalue weighted by Gasteiger charge is 2.19. The van der Waals surface area contributed by atoms with Gasteiger partial charge < -0.3 is 9.15 Å². The third-order valence-corrected chi connectivity index (χ3v) is 6.99. The first-order valence-electron chi connectivity index (χ1n) is 14.1. The molecule has 1 aromatic heterocycles. The molecule has 40 heavy (non-hydrogen) atoms. The van der Waals surface area contributed by atoms with Crippen molar-refractivity contribution in [1.82, 2.24) is 10.2 Å². The highest BCUT2D eigenvalue weighted by atomic mass is 16.5. The average molecular weight is 527 g/mol. The summed E-state index contributed by atoms with van der Waals surface area (Å²) in [5, 5.41) is 8.84. The van der Waals surface area contributed by atoms with E-state index in [1.807, 2.05) is 78.9 Å². The van der Waals surface area contributed by atoms with Gasteiger partial charge in [-0.25, -0.2) is 0 Å². The number of unbranched alkanes of at least 4 members (excludes halogenated alkanes) is 5. The first kappa shape index (κ1) is 27.0. The predicted molar refractivity (Wildman–Crippen MR) is 163 cm³/mol. The molecule has 0 aliphatic heterocycles. The van der Waals surface area contributed by atoms with Crippen molar-refractivity contribution in [3.63, 3.8) is 0 Å². The van der Waals surface area contributed by atoms with E-state index in [4.69, 9.17) is 15.6 Å². The number of nitrogens with zero attached hydrogens (tertiary/aromatic N) is 2. The minimum absolute atomic E-state index is 0.423. The molecule has 4 aromatic carbocycles. The molecule has 0 fully saturated rings. The summed E-state index contributed by atoms with van der Waals surface area (Å²) < 4.78 is 12.2. The van der Waals surface area contributed by atoms with Crippen molar-refractivity contribution in [1.29, 1.82) is 0 Å². The lowest BCUT2D eigenvalue weighted by atomic mass is 9.90. The van der Waals surface area contributed by atoms with Crippen LogP contribution in [0.15, 0.2) is 101 Å². The summed E-state index contributed by atoms with van der Waals surface area (Å²) in [4.78, 5) is 0. The Kier molecular flexibility index (Phi) is 9.06. The Morgan fingerprint density at radius 3 is 2.02 bits per heavy atom. The SMILES string of the molecule is C#Cc1cc(-c2ccccc2)cc(-c2nnc(-c3ccc(OCCCCCCCC)cc3)o2)c1-c1ccccc1. The summed E-state index contributed by atoms with van der Waals surface area (Å²) in [6, 6.07) is 32.2. The second-order valence-electron chi connectivity index (χ2n) is 9.88. The van der Waals surface area contributed by atoms with Gasteiger partial charge in [-0.3, -0.25) is 0 Å². The zero-order chi connectivity index (χ0) is 27.6. The molecule has 1 heterocycles. The summed E-state index contributed by atoms with van der Waals surface area (Å²) in [7, 11) is 0. The largest absolute Gasteiger partial charge is 0.494 e. The lowest BCUT2D eigenvalue weighted by Crippen LogP contribution is -1.97. The second-order valence-corrected chi connectivity index (χ2v) is 9.88. The van der Waals surface area contributed by atoms with Crippen LogP contribution in [-0.2, 0) is 0 Å². The Bertz CT molecular complexity index is 1550. The van der Waals surface area contributed by atoms with E-state index in [2.05, 4.69) is 41.2 Å². The maximum atomic E-state index is 6.26. The summed E-state index contributed by atoms with van der Waals surface area (Å²) >= 11 is 0. The van der Waals surface area contributed by atoms with Crippen LogP contribution in [0.25, 0.3) is 45.2 Å². The third-order valence-electron chi connectivity index (χ3n) is 6.99. The first-order valence-corrected chi connectivity index (χ1v) is 14.1. The van der Waals surface area contributed by atoms with Gasteiger partial charge in [-0.05, 0) is 59.5 Å². The molecule has 5 aromatic rings. The average Bonchev–Trinajstić information content (AvgIpc) is 3.51. The fourth-order valence-electron chi connectivity index (χ4n) is 4.85. The van der Waals surface area contributed by atoms with Crippen molar-refractivity contribution in [2.75, 3.05) is 6.61 Å². The maximum Gasteiger partial charge on any atom is 0.248 e. The lowest BCUT2D eigenvalue weighted by molar-refractivity contribution is 0.304. The minimum atomic E-state index is 0.423. The van der Waals surface area contributed by atoms with E-state index >= 15 is 0 Å². The molecule has 0 aliphatic rings. The van der Waals surface area contributed by atoms with Crippen LogP contribution in [0.4, 0.5) is 0 Å². The van der Waals surface area contributed by atoms with Gasteiger partial charge in [0.2, 0.25) is 11.8 Å². The van der Waals surface area contributed by atoms with Gasteiger partial charge in [-0.1, -0.05) is 106 Å². The Balaban J connectivity index is 1.40. The number of ether oxygens (including phenoxy) is 1. The van der Waals surface area contributed by atoms with Crippen LogP contribution < -0.4 is 4.74 Å². The van der Waals surface area contributed by atoms with E-state index < -0.39 is 0 Å². The molecule has 0 N–H and O–H groups in total. The maximum absolute atomic E-state index is 6.26. The monoisotopic (exact) mass is 526 g/mol. The summed E-state index contributed by atoms with van der Waals surface area (Å²) in [6.07, 6.45) is 13.5. The highest BCUT2D eigenvalue weighted by molar-refractivity contribution is 5.89. The third kappa shape index (κ3) is 6.50. The molecular weight excluding hydrogens is 492 g/mol. The zero-order valence-corrected chi connectivity index (χ0v) is 23.0. The van der Waals surface area contributed by atoms with Gasteiger partial charge in [0.15, 0.2) is 0 Å². The van der Waals surface area contributed by atoms with Crippen LogP contribution in [0.2, 0.25) is 0 Å². The normalized spacial score (nSPS) is 10.8. The Morgan fingerprint density at radius 2 is 1.32 bits per heavy atom. The van der Waals surface area contributed by atoms with Gasteiger partial charge in [-0.2, -0.15) is 0 Å². The fraction of sp³-hybridized carbons (Fsp3) is 0.222. The molecule has 4 heteroatoms. The standard InChI is InChI=1S/C36H34N2O2/c1-3-5-6-7-8-15-24-39-32-22-20-30(21-23-32)35-37-38-36(40-35)33-26-31(28-16-11-9-12-17-28)25-27(4-2)34(33)29-18-13-10-14-19-29/h2,9-14,16-23,25-26H,3,5-8,15,24H2,1H3. The predicted octanol–water partition coefficient (Wildman–Crippen LogP) is 9.46. The number of terminal acetylenes is 1. The van der Waals surface area contributed by atoms with E-state index in [1.165, 1.54) is 32.1 Å². The van der Waals surface area contributed by atoms with Crippen molar-refractivity contribution in [2.45, 2.75) is 45.4 Å². The van der Waals surface area contributed by atoms with Crippen LogP contribution >= 0.6 is 0 Å². The zero-order valence-electron chi connectivity index (χ0n) is 23.0. The number of hydrogen-bond donors (Lipinski definition) is 0. The number of aromatic nitrogens is 2. The number of rotatable bonds is 12. The molecule has 200 valence electrons. The quantitative estimate of drug-likeness (QED) is 0.120. The van der Waals surface area contributed by atoms with Crippen molar-refractivity contribution >= 4 is 0 Å². The van der Waals surface area contributed by atoms with E-state index in [0.717, 1.165) is 57.7 Å². The summed E-state index contributed by atoms with van der Waals surface area (Å²) in [5.41, 5.74) is 6.37. The molecule has 0 saturated carbocycles. The van der Waals surface area contributed by atoms with Gasteiger partial charge in [0.25, 0.3) is 0 Å².